The number of halogens is 1. The van der Waals surface area contributed by atoms with Crippen molar-refractivity contribution in [3.63, 3.8) is 0 Å². The van der Waals surface area contributed by atoms with E-state index in [0.29, 0.717) is 24.2 Å². The molecule has 0 radical (unpaired) electrons. The van der Waals surface area contributed by atoms with Crippen molar-refractivity contribution in [2.24, 2.45) is 5.92 Å². The molecule has 2 atom stereocenters. The average Bonchev–Trinajstić information content (AvgIpc) is 2.77. The Morgan fingerprint density at radius 2 is 2.08 bits per heavy atom. The third-order valence-corrected chi connectivity index (χ3v) is 5.04. The van der Waals surface area contributed by atoms with Gasteiger partial charge >= 0.3 is 0 Å². The molecule has 126 valence electrons. The molecule has 6 heteroatoms. The van der Waals surface area contributed by atoms with Crippen LogP contribution in [0.4, 0.5) is 4.39 Å². The maximum atomic E-state index is 14.0. The number of likely N-dealkylation sites (tertiary alicyclic amines) is 1. The molecule has 2 fully saturated rings. The number of aromatic amines is 1. The minimum atomic E-state index is -0.420. The lowest BCUT2D eigenvalue weighted by Gasteiger charge is -2.27. The van der Waals surface area contributed by atoms with E-state index in [1.54, 1.807) is 12.1 Å². The minimum Gasteiger partial charge on any atom is -0.355 e. The van der Waals surface area contributed by atoms with Gasteiger partial charge in [-0.25, -0.2) is 4.39 Å². The third-order valence-electron chi connectivity index (χ3n) is 5.04. The second kappa shape index (κ2) is 6.02. The van der Waals surface area contributed by atoms with Crippen LogP contribution in [-0.4, -0.2) is 34.9 Å². The van der Waals surface area contributed by atoms with Gasteiger partial charge in [-0.15, -0.1) is 0 Å². The highest BCUT2D eigenvalue weighted by atomic mass is 19.1. The topological polar surface area (TPSA) is 65.2 Å². The number of rotatable bonds is 2. The Bertz CT molecular complexity index is 848. The summed E-state index contributed by atoms with van der Waals surface area (Å²) in [6, 6.07) is 6.22. The molecule has 2 aliphatic rings. The maximum absolute atomic E-state index is 14.0. The Morgan fingerprint density at radius 3 is 2.96 bits per heavy atom. The Balaban J connectivity index is 1.63. The Morgan fingerprint density at radius 1 is 1.21 bits per heavy atom. The molecule has 1 aromatic carbocycles. The standard InChI is InChI=1S/C18H20FN3O2/c19-15-6-2-5-14-16(23)7-13(20-17(14)15)10-22-8-11-3-1-4-12(9-22)21-18(11)24/h2,5-7,11-12H,1,3-4,8-10H2,(H,20,23)(H,21,24)/t11-,12+/m1/s1. The summed E-state index contributed by atoms with van der Waals surface area (Å²) < 4.78 is 14.0. The first kappa shape index (κ1) is 15.3. The van der Waals surface area contributed by atoms with Crippen LogP contribution in [0.2, 0.25) is 0 Å². The van der Waals surface area contributed by atoms with Crippen LogP contribution in [0.1, 0.15) is 25.0 Å². The molecule has 2 aliphatic heterocycles. The normalized spacial score (nSPS) is 24.6. The van der Waals surface area contributed by atoms with E-state index in [-0.39, 0.29) is 28.8 Å². The van der Waals surface area contributed by atoms with Gasteiger partial charge in [-0.3, -0.25) is 14.5 Å². The molecule has 24 heavy (non-hydrogen) atoms. The highest BCUT2D eigenvalue weighted by Crippen LogP contribution is 2.23. The van der Waals surface area contributed by atoms with Crippen LogP contribution in [0.15, 0.2) is 29.1 Å². The second-order valence-corrected chi connectivity index (χ2v) is 6.85. The number of nitrogens with one attached hydrogen (secondary N) is 2. The molecule has 2 saturated heterocycles. The van der Waals surface area contributed by atoms with Gasteiger partial charge in [0.25, 0.3) is 0 Å². The van der Waals surface area contributed by atoms with E-state index < -0.39 is 5.82 Å². The predicted molar refractivity (Wildman–Crippen MR) is 89.1 cm³/mol. The fraction of sp³-hybridized carbons (Fsp3) is 0.444. The molecular weight excluding hydrogens is 309 g/mol. The van der Waals surface area contributed by atoms with Crippen molar-refractivity contribution in [3.05, 3.63) is 46.0 Å². The summed E-state index contributed by atoms with van der Waals surface area (Å²) in [5.41, 5.74) is 0.761. The number of hydrogen-bond acceptors (Lipinski definition) is 3. The number of fused-ring (bicyclic) bond motifs is 4. The number of H-pyrrole nitrogens is 1. The number of hydrogen-bond donors (Lipinski definition) is 2. The number of nitrogens with zero attached hydrogens (tertiary/aromatic N) is 1. The molecule has 2 N–H and O–H groups in total. The van der Waals surface area contributed by atoms with Crippen LogP contribution in [0.25, 0.3) is 10.9 Å². The number of aromatic nitrogens is 1. The van der Waals surface area contributed by atoms with Crippen molar-refractivity contribution in [1.82, 2.24) is 15.2 Å². The van der Waals surface area contributed by atoms with E-state index in [1.807, 2.05) is 0 Å². The van der Waals surface area contributed by atoms with E-state index >= 15 is 0 Å². The highest BCUT2D eigenvalue weighted by molar-refractivity contribution is 5.80. The van der Waals surface area contributed by atoms with Gasteiger partial charge in [-0.1, -0.05) is 12.5 Å². The molecule has 2 aromatic rings. The quantitative estimate of drug-likeness (QED) is 0.882. The zero-order valence-corrected chi connectivity index (χ0v) is 13.3. The monoisotopic (exact) mass is 329 g/mol. The molecule has 0 spiro atoms. The van der Waals surface area contributed by atoms with Gasteiger partial charge in [0.05, 0.1) is 11.4 Å². The van der Waals surface area contributed by atoms with Crippen molar-refractivity contribution in [2.75, 3.05) is 13.1 Å². The van der Waals surface area contributed by atoms with Crippen LogP contribution < -0.4 is 10.7 Å². The van der Waals surface area contributed by atoms with E-state index in [4.69, 9.17) is 0 Å². The van der Waals surface area contributed by atoms with Crippen molar-refractivity contribution in [2.45, 2.75) is 31.8 Å². The van der Waals surface area contributed by atoms with Gasteiger partial charge in [-0.05, 0) is 25.0 Å². The second-order valence-electron chi connectivity index (χ2n) is 6.85. The van der Waals surface area contributed by atoms with Gasteiger partial charge < -0.3 is 10.3 Å². The first-order valence-corrected chi connectivity index (χ1v) is 8.43. The van der Waals surface area contributed by atoms with E-state index in [1.165, 1.54) is 12.1 Å². The summed E-state index contributed by atoms with van der Waals surface area (Å²) in [6.45, 7) is 1.96. The smallest absolute Gasteiger partial charge is 0.224 e. The molecule has 0 unspecified atom stereocenters. The summed E-state index contributed by atoms with van der Waals surface area (Å²) in [5.74, 6) is -0.282. The van der Waals surface area contributed by atoms with Crippen LogP contribution in [0.5, 0.6) is 0 Å². The zero-order valence-electron chi connectivity index (χ0n) is 13.3. The Hall–Kier alpha value is -2.21. The van der Waals surface area contributed by atoms with Crippen molar-refractivity contribution in [1.29, 1.82) is 0 Å². The number of para-hydroxylation sites is 1. The fourth-order valence-corrected chi connectivity index (χ4v) is 3.89. The lowest BCUT2D eigenvalue weighted by Crippen LogP contribution is -2.38. The van der Waals surface area contributed by atoms with E-state index in [2.05, 4.69) is 15.2 Å². The lowest BCUT2D eigenvalue weighted by molar-refractivity contribution is -0.124. The van der Waals surface area contributed by atoms with Gasteiger partial charge in [0.1, 0.15) is 5.82 Å². The SMILES string of the molecule is O=C1N[C@H]2CCC[C@@H]1CN(Cc1cc(=O)c3cccc(F)c3[nH]1)C2. The lowest BCUT2D eigenvalue weighted by atomic mass is 9.99. The van der Waals surface area contributed by atoms with Crippen LogP contribution in [0.3, 0.4) is 0 Å². The van der Waals surface area contributed by atoms with Crippen molar-refractivity contribution in [3.8, 4) is 0 Å². The Labute approximate surface area is 138 Å². The van der Waals surface area contributed by atoms with Gasteiger partial charge in [-0.2, -0.15) is 0 Å². The zero-order chi connectivity index (χ0) is 16.7. The number of carbonyl (C=O) groups excluding carboxylic acids is 1. The van der Waals surface area contributed by atoms with Gasteiger partial charge in [0.2, 0.25) is 5.91 Å². The van der Waals surface area contributed by atoms with Crippen LogP contribution >= 0.6 is 0 Å². The molecule has 1 amide bonds. The highest BCUT2D eigenvalue weighted by Gasteiger charge is 2.32. The molecule has 1 aromatic heterocycles. The average molecular weight is 329 g/mol. The maximum Gasteiger partial charge on any atom is 0.224 e. The van der Waals surface area contributed by atoms with E-state index in [9.17, 15) is 14.0 Å². The Kier molecular flexibility index (Phi) is 3.84. The summed E-state index contributed by atoms with van der Waals surface area (Å²) >= 11 is 0. The summed E-state index contributed by atoms with van der Waals surface area (Å²) in [4.78, 5) is 29.6. The van der Waals surface area contributed by atoms with Gasteiger partial charge in [0, 0.05) is 42.8 Å². The number of pyridine rings is 1. The van der Waals surface area contributed by atoms with Gasteiger partial charge in [0.15, 0.2) is 5.43 Å². The molecule has 3 heterocycles. The minimum absolute atomic E-state index is 0.00131. The number of amides is 1. The molecular formula is C18H20FN3O2. The third kappa shape index (κ3) is 2.82. The first-order chi connectivity index (χ1) is 11.6. The molecule has 4 rings (SSSR count). The van der Waals surface area contributed by atoms with E-state index in [0.717, 1.165) is 25.8 Å². The summed E-state index contributed by atoms with van der Waals surface area (Å²) in [5, 5.41) is 3.46. The van der Waals surface area contributed by atoms with Crippen molar-refractivity contribution >= 4 is 16.8 Å². The molecule has 5 nitrogen and oxygen atoms in total. The predicted octanol–water partition coefficient (Wildman–Crippen LogP) is 1.77. The summed E-state index contributed by atoms with van der Waals surface area (Å²) in [7, 11) is 0. The molecule has 0 saturated carbocycles. The van der Waals surface area contributed by atoms with Crippen molar-refractivity contribution < 1.29 is 9.18 Å². The molecule has 2 bridgehead atoms. The number of benzene rings is 1. The van der Waals surface area contributed by atoms with Crippen LogP contribution in [0, 0.1) is 11.7 Å². The molecule has 0 aliphatic carbocycles. The fourth-order valence-electron chi connectivity index (χ4n) is 3.89. The first-order valence-electron chi connectivity index (χ1n) is 8.43. The van der Waals surface area contributed by atoms with Crippen LogP contribution in [-0.2, 0) is 11.3 Å². The largest absolute Gasteiger partial charge is 0.355 e. The summed E-state index contributed by atoms with van der Waals surface area (Å²) in [6.07, 6.45) is 2.96. The number of carbonyl (C=O) groups is 1.